The molecule has 1 fully saturated rings. The van der Waals surface area contributed by atoms with Gasteiger partial charge in [-0.1, -0.05) is 30.3 Å². The summed E-state index contributed by atoms with van der Waals surface area (Å²) >= 11 is 0. The highest BCUT2D eigenvalue weighted by Crippen LogP contribution is 2.27. The van der Waals surface area contributed by atoms with Gasteiger partial charge in [-0.2, -0.15) is 0 Å². The zero-order valence-corrected chi connectivity index (χ0v) is 19.9. The minimum Gasteiger partial charge on any atom is -0.506 e. The molecule has 1 aliphatic rings. The standard InChI is InChI=1S/C23H29N5O.HI/c1-17-6-5-7-19-18(16-26-22(17)19)10-11-25-23(24-2)28-14-12-27(13-15-28)20-8-3-4-9-21(20)29;/h3-9,16,26,29H,10-15H2,1-2H3,(H,24,25);1H. The zero-order chi connectivity index (χ0) is 20.2. The molecule has 2 heterocycles. The Kier molecular flexibility index (Phi) is 7.47. The minimum absolute atomic E-state index is 0. The zero-order valence-electron chi connectivity index (χ0n) is 17.6. The first-order valence-electron chi connectivity index (χ1n) is 10.2. The summed E-state index contributed by atoms with van der Waals surface area (Å²) in [5, 5.41) is 14.9. The average molecular weight is 519 g/mol. The molecule has 4 rings (SSSR count). The molecule has 30 heavy (non-hydrogen) atoms. The van der Waals surface area contributed by atoms with E-state index in [1.165, 1.54) is 22.0 Å². The second-order valence-corrected chi connectivity index (χ2v) is 7.50. The molecule has 0 atom stereocenters. The van der Waals surface area contributed by atoms with Crippen LogP contribution in [0, 0.1) is 6.92 Å². The van der Waals surface area contributed by atoms with Gasteiger partial charge in [-0.15, -0.1) is 24.0 Å². The number of aliphatic imine (C=N–C) groups is 1. The van der Waals surface area contributed by atoms with E-state index in [0.717, 1.165) is 50.8 Å². The van der Waals surface area contributed by atoms with Crippen molar-refractivity contribution in [3.8, 4) is 5.75 Å². The van der Waals surface area contributed by atoms with Gasteiger partial charge in [-0.3, -0.25) is 4.99 Å². The Labute approximate surface area is 195 Å². The smallest absolute Gasteiger partial charge is 0.193 e. The van der Waals surface area contributed by atoms with Gasteiger partial charge in [0.15, 0.2) is 5.96 Å². The van der Waals surface area contributed by atoms with Gasteiger partial charge >= 0.3 is 0 Å². The van der Waals surface area contributed by atoms with Crippen LogP contribution in [-0.2, 0) is 6.42 Å². The van der Waals surface area contributed by atoms with Crippen molar-refractivity contribution in [2.24, 2.45) is 4.99 Å². The summed E-state index contributed by atoms with van der Waals surface area (Å²) in [4.78, 5) is 12.4. The fraction of sp³-hybridized carbons (Fsp3) is 0.348. The molecular weight excluding hydrogens is 489 g/mol. The SMILES string of the molecule is CN=C(NCCc1c[nH]c2c(C)cccc12)N1CCN(c2ccccc2O)CC1.I. The molecule has 0 aliphatic carbocycles. The fourth-order valence-corrected chi connectivity index (χ4v) is 4.10. The van der Waals surface area contributed by atoms with Crippen molar-refractivity contribution in [1.82, 2.24) is 15.2 Å². The van der Waals surface area contributed by atoms with Gasteiger partial charge in [0, 0.05) is 56.9 Å². The van der Waals surface area contributed by atoms with Crippen LogP contribution in [0.1, 0.15) is 11.1 Å². The lowest BCUT2D eigenvalue weighted by Gasteiger charge is -2.37. The molecule has 1 aromatic heterocycles. The normalized spacial score (nSPS) is 14.7. The van der Waals surface area contributed by atoms with E-state index in [-0.39, 0.29) is 24.0 Å². The highest BCUT2D eigenvalue weighted by atomic mass is 127. The molecule has 3 N–H and O–H groups in total. The highest BCUT2D eigenvalue weighted by molar-refractivity contribution is 14.0. The first-order chi connectivity index (χ1) is 14.2. The van der Waals surface area contributed by atoms with Crippen LogP contribution in [0.2, 0.25) is 0 Å². The number of fused-ring (bicyclic) bond motifs is 1. The van der Waals surface area contributed by atoms with Crippen molar-refractivity contribution in [2.75, 3.05) is 44.7 Å². The van der Waals surface area contributed by atoms with Crippen LogP contribution in [0.5, 0.6) is 5.75 Å². The third kappa shape index (κ3) is 4.66. The first kappa shape index (κ1) is 22.3. The molecule has 2 aromatic carbocycles. The van der Waals surface area contributed by atoms with Gasteiger partial charge in [0.25, 0.3) is 0 Å². The summed E-state index contributed by atoms with van der Waals surface area (Å²) in [6, 6.07) is 14.0. The number of rotatable bonds is 4. The van der Waals surface area contributed by atoms with E-state index in [0.29, 0.717) is 5.75 Å². The molecule has 0 amide bonds. The number of H-pyrrole nitrogens is 1. The summed E-state index contributed by atoms with van der Waals surface area (Å²) < 4.78 is 0. The predicted octanol–water partition coefficient (Wildman–Crippen LogP) is 3.74. The summed E-state index contributed by atoms with van der Waals surface area (Å²) in [7, 11) is 1.84. The van der Waals surface area contributed by atoms with E-state index in [1.54, 1.807) is 6.07 Å². The summed E-state index contributed by atoms with van der Waals surface area (Å²) in [6.45, 7) is 6.45. The summed E-state index contributed by atoms with van der Waals surface area (Å²) in [5.41, 5.74) is 4.74. The van der Waals surface area contributed by atoms with Crippen LogP contribution >= 0.6 is 24.0 Å². The topological polar surface area (TPSA) is 66.9 Å². The van der Waals surface area contributed by atoms with E-state index in [2.05, 4.69) is 56.4 Å². The van der Waals surface area contributed by atoms with E-state index >= 15 is 0 Å². The average Bonchev–Trinajstić information content (AvgIpc) is 3.16. The second-order valence-electron chi connectivity index (χ2n) is 7.50. The number of anilines is 1. The van der Waals surface area contributed by atoms with E-state index in [1.807, 2.05) is 25.2 Å². The minimum atomic E-state index is 0. The number of phenolic OH excluding ortho intramolecular Hbond substituents is 1. The van der Waals surface area contributed by atoms with Crippen LogP contribution in [-0.4, -0.2) is 60.7 Å². The van der Waals surface area contributed by atoms with Crippen molar-refractivity contribution in [2.45, 2.75) is 13.3 Å². The Hall–Kier alpha value is -2.42. The van der Waals surface area contributed by atoms with Crippen LogP contribution in [0.15, 0.2) is 53.7 Å². The number of nitrogens with one attached hydrogen (secondary N) is 2. The Morgan fingerprint density at radius 3 is 2.60 bits per heavy atom. The van der Waals surface area contributed by atoms with Crippen molar-refractivity contribution >= 4 is 46.5 Å². The molecular formula is C23H30IN5O. The first-order valence-corrected chi connectivity index (χ1v) is 10.2. The number of para-hydroxylation sites is 3. The third-order valence-corrected chi connectivity index (χ3v) is 5.70. The van der Waals surface area contributed by atoms with Crippen molar-refractivity contribution in [3.05, 3.63) is 59.8 Å². The number of hydrogen-bond donors (Lipinski definition) is 3. The van der Waals surface area contributed by atoms with Crippen LogP contribution in [0.25, 0.3) is 10.9 Å². The lowest BCUT2D eigenvalue weighted by atomic mass is 10.1. The van der Waals surface area contributed by atoms with Gasteiger partial charge < -0.3 is 25.2 Å². The number of aromatic nitrogens is 1. The van der Waals surface area contributed by atoms with Gasteiger partial charge in [0.05, 0.1) is 5.69 Å². The monoisotopic (exact) mass is 519 g/mol. The molecule has 3 aromatic rings. The summed E-state index contributed by atoms with van der Waals surface area (Å²) in [5.74, 6) is 1.29. The number of guanidine groups is 1. The lowest BCUT2D eigenvalue weighted by molar-refractivity contribution is 0.370. The quantitative estimate of drug-likeness (QED) is 0.279. The maximum absolute atomic E-state index is 10.1. The Morgan fingerprint density at radius 2 is 1.87 bits per heavy atom. The maximum atomic E-state index is 10.1. The number of nitrogens with zero attached hydrogens (tertiary/aromatic N) is 3. The largest absolute Gasteiger partial charge is 0.506 e. The molecule has 0 spiro atoms. The molecule has 6 nitrogen and oxygen atoms in total. The maximum Gasteiger partial charge on any atom is 0.193 e. The molecule has 0 bridgehead atoms. The van der Waals surface area contributed by atoms with Gasteiger partial charge in [0.1, 0.15) is 5.75 Å². The van der Waals surface area contributed by atoms with Crippen molar-refractivity contribution < 1.29 is 5.11 Å². The molecule has 1 aliphatic heterocycles. The van der Waals surface area contributed by atoms with Crippen LogP contribution in [0.3, 0.4) is 0 Å². The number of phenols is 1. The van der Waals surface area contributed by atoms with Crippen LogP contribution in [0.4, 0.5) is 5.69 Å². The van der Waals surface area contributed by atoms with Crippen molar-refractivity contribution in [3.63, 3.8) is 0 Å². The number of aryl methyl sites for hydroxylation is 1. The Bertz CT molecular complexity index is 1010. The van der Waals surface area contributed by atoms with Crippen molar-refractivity contribution in [1.29, 1.82) is 0 Å². The Balaban J connectivity index is 0.00000256. The van der Waals surface area contributed by atoms with Gasteiger partial charge in [0.2, 0.25) is 0 Å². The summed E-state index contributed by atoms with van der Waals surface area (Å²) in [6.07, 6.45) is 3.06. The fourth-order valence-electron chi connectivity index (χ4n) is 4.10. The number of piperazine rings is 1. The predicted molar refractivity (Wildman–Crippen MR) is 135 cm³/mol. The Morgan fingerprint density at radius 1 is 1.10 bits per heavy atom. The molecule has 0 radical (unpaired) electrons. The molecule has 160 valence electrons. The van der Waals surface area contributed by atoms with E-state index < -0.39 is 0 Å². The number of hydrogen-bond acceptors (Lipinski definition) is 3. The van der Waals surface area contributed by atoms with E-state index in [9.17, 15) is 5.11 Å². The van der Waals surface area contributed by atoms with E-state index in [4.69, 9.17) is 0 Å². The third-order valence-electron chi connectivity index (χ3n) is 5.70. The van der Waals surface area contributed by atoms with Gasteiger partial charge in [-0.25, -0.2) is 0 Å². The van der Waals surface area contributed by atoms with Gasteiger partial charge in [-0.05, 0) is 36.6 Å². The second kappa shape index (κ2) is 10.1. The highest BCUT2D eigenvalue weighted by Gasteiger charge is 2.21. The molecule has 0 saturated carbocycles. The number of aromatic amines is 1. The molecule has 7 heteroatoms. The van der Waals surface area contributed by atoms with Crippen LogP contribution < -0.4 is 10.2 Å². The number of aromatic hydroxyl groups is 1. The molecule has 0 unspecified atom stereocenters. The number of benzene rings is 2. The lowest BCUT2D eigenvalue weighted by Crippen LogP contribution is -2.52. The number of halogens is 1. The molecule has 1 saturated heterocycles.